The number of nitrogens with zero attached hydrogens (tertiary/aromatic N) is 2. The Morgan fingerprint density at radius 2 is 2.10 bits per heavy atom. The Hall–Kier alpha value is -1.00. The molecular weight excluding hydrogens is 266 g/mol. The largest absolute Gasteiger partial charge is 0.388 e. The maximum absolute atomic E-state index is 5.68. The molecule has 2 atom stereocenters. The number of nitrogens with two attached hydrogens (primary N) is 1. The predicted octanol–water partition coefficient (Wildman–Crippen LogP) is 2.87. The van der Waals surface area contributed by atoms with Gasteiger partial charge in [-0.2, -0.15) is 0 Å². The van der Waals surface area contributed by atoms with Crippen molar-refractivity contribution in [2.45, 2.75) is 51.1 Å². The lowest BCUT2D eigenvalue weighted by molar-refractivity contribution is 0.0547. The molecule has 2 fully saturated rings. The Kier molecular flexibility index (Phi) is 4.32. The van der Waals surface area contributed by atoms with Gasteiger partial charge in [0.2, 0.25) is 0 Å². The number of fused-ring (bicyclic) bond motifs is 1. The van der Waals surface area contributed by atoms with E-state index in [1.54, 1.807) is 0 Å². The summed E-state index contributed by atoms with van der Waals surface area (Å²) in [5, 5.41) is 0. The van der Waals surface area contributed by atoms with Crippen LogP contribution in [0.5, 0.6) is 0 Å². The third kappa shape index (κ3) is 3.01. The number of hydrogen-bond donors (Lipinski definition) is 1. The van der Waals surface area contributed by atoms with Gasteiger partial charge in [-0.05, 0) is 55.8 Å². The van der Waals surface area contributed by atoms with Gasteiger partial charge in [-0.25, -0.2) is 0 Å². The molecule has 2 heterocycles. The van der Waals surface area contributed by atoms with E-state index < -0.39 is 0 Å². The molecule has 20 heavy (non-hydrogen) atoms. The number of piperidine rings is 1. The molecule has 2 unspecified atom stereocenters. The van der Waals surface area contributed by atoms with Crippen LogP contribution in [0.4, 0.5) is 0 Å². The van der Waals surface area contributed by atoms with Crippen molar-refractivity contribution in [1.82, 2.24) is 9.88 Å². The van der Waals surface area contributed by atoms with Gasteiger partial charge in [0.05, 0.1) is 5.69 Å². The molecular formula is C16H23N3S. The van der Waals surface area contributed by atoms with Crippen LogP contribution in [-0.4, -0.2) is 27.5 Å². The van der Waals surface area contributed by atoms with E-state index in [2.05, 4.69) is 22.0 Å². The zero-order chi connectivity index (χ0) is 13.9. The Balaban J connectivity index is 1.72. The first kappa shape index (κ1) is 14.0. The van der Waals surface area contributed by atoms with Crippen molar-refractivity contribution in [3.05, 3.63) is 29.6 Å². The maximum Gasteiger partial charge on any atom is 0.122 e. The predicted molar refractivity (Wildman–Crippen MR) is 85.5 cm³/mol. The lowest BCUT2D eigenvalue weighted by Crippen LogP contribution is -2.46. The SMILES string of the molecule is NC(=S)c1cc(CN2CCCC3CCCCC32)ccn1. The summed E-state index contributed by atoms with van der Waals surface area (Å²) in [5.41, 5.74) is 7.71. The van der Waals surface area contributed by atoms with Gasteiger partial charge < -0.3 is 5.73 Å². The van der Waals surface area contributed by atoms with Crippen LogP contribution in [-0.2, 0) is 6.54 Å². The van der Waals surface area contributed by atoms with Crippen LogP contribution in [0.1, 0.15) is 49.8 Å². The Labute approximate surface area is 126 Å². The molecule has 0 radical (unpaired) electrons. The minimum atomic E-state index is 0.390. The van der Waals surface area contributed by atoms with Gasteiger partial charge in [0, 0.05) is 18.8 Å². The first-order valence-corrected chi connectivity index (χ1v) is 8.13. The van der Waals surface area contributed by atoms with Gasteiger partial charge in [-0.3, -0.25) is 9.88 Å². The van der Waals surface area contributed by atoms with Gasteiger partial charge in [0.1, 0.15) is 4.99 Å². The van der Waals surface area contributed by atoms with E-state index in [-0.39, 0.29) is 0 Å². The highest BCUT2D eigenvalue weighted by Gasteiger charge is 2.32. The number of pyridine rings is 1. The zero-order valence-electron chi connectivity index (χ0n) is 11.9. The number of rotatable bonds is 3. The zero-order valence-corrected chi connectivity index (χ0v) is 12.7. The van der Waals surface area contributed by atoms with Crippen LogP contribution in [0.2, 0.25) is 0 Å². The highest BCUT2D eigenvalue weighted by Crippen LogP contribution is 2.35. The molecule has 0 spiro atoms. The van der Waals surface area contributed by atoms with Gasteiger partial charge in [0.25, 0.3) is 0 Å². The molecule has 3 nitrogen and oxygen atoms in total. The van der Waals surface area contributed by atoms with Gasteiger partial charge in [0.15, 0.2) is 0 Å². The van der Waals surface area contributed by atoms with E-state index in [1.807, 2.05) is 6.20 Å². The van der Waals surface area contributed by atoms with Gasteiger partial charge >= 0.3 is 0 Å². The molecule has 1 saturated heterocycles. The minimum Gasteiger partial charge on any atom is -0.388 e. The Bertz CT molecular complexity index is 486. The van der Waals surface area contributed by atoms with E-state index in [1.165, 1.54) is 50.6 Å². The van der Waals surface area contributed by atoms with Crippen molar-refractivity contribution in [2.75, 3.05) is 6.54 Å². The summed E-state index contributed by atoms with van der Waals surface area (Å²) in [6.07, 6.45) is 10.2. The van der Waals surface area contributed by atoms with E-state index in [0.717, 1.165) is 24.2 Å². The second kappa shape index (κ2) is 6.19. The van der Waals surface area contributed by atoms with Crippen molar-refractivity contribution in [2.24, 2.45) is 11.7 Å². The molecule has 0 bridgehead atoms. The highest BCUT2D eigenvalue weighted by atomic mass is 32.1. The molecule has 1 aliphatic heterocycles. The summed E-state index contributed by atoms with van der Waals surface area (Å²) in [4.78, 5) is 7.29. The summed E-state index contributed by atoms with van der Waals surface area (Å²) in [6, 6.07) is 4.93. The van der Waals surface area contributed by atoms with Crippen molar-refractivity contribution in [3.8, 4) is 0 Å². The van der Waals surface area contributed by atoms with E-state index in [9.17, 15) is 0 Å². The Morgan fingerprint density at radius 1 is 1.30 bits per heavy atom. The fourth-order valence-electron chi connectivity index (χ4n) is 3.87. The lowest BCUT2D eigenvalue weighted by Gasteiger charge is -2.44. The molecule has 0 aromatic carbocycles. The lowest BCUT2D eigenvalue weighted by atomic mass is 9.78. The van der Waals surface area contributed by atoms with Crippen LogP contribution >= 0.6 is 12.2 Å². The molecule has 2 N–H and O–H groups in total. The molecule has 3 rings (SSSR count). The third-order valence-corrected chi connectivity index (χ3v) is 5.03. The van der Waals surface area contributed by atoms with E-state index in [0.29, 0.717) is 4.99 Å². The van der Waals surface area contributed by atoms with Crippen LogP contribution in [0, 0.1) is 5.92 Å². The molecule has 4 heteroatoms. The number of hydrogen-bond acceptors (Lipinski definition) is 3. The first-order chi connectivity index (χ1) is 9.74. The van der Waals surface area contributed by atoms with Crippen molar-refractivity contribution in [1.29, 1.82) is 0 Å². The summed E-state index contributed by atoms with van der Waals surface area (Å²) in [6.45, 7) is 2.24. The molecule has 1 saturated carbocycles. The van der Waals surface area contributed by atoms with Crippen LogP contribution in [0.3, 0.4) is 0 Å². The normalized spacial score (nSPS) is 27.0. The fourth-order valence-corrected chi connectivity index (χ4v) is 3.98. The van der Waals surface area contributed by atoms with Crippen molar-refractivity contribution >= 4 is 17.2 Å². The third-order valence-electron chi connectivity index (χ3n) is 4.82. The maximum atomic E-state index is 5.68. The number of aromatic nitrogens is 1. The van der Waals surface area contributed by atoms with Crippen LogP contribution < -0.4 is 5.73 Å². The standard InChI is InChI=1S/C16H23N3S/c17-16(20)14-10-12(7-8-18-14)11-19-9-3-5-13-4-1-2-6-15(13)19/h7-8,10,13,15H,1-6,9,11H2,(H2,17,20). The van der Waals surface area contributed by atoms with Crippen LogP contribution in [0.25, 0.3) is 0 Å². The summed E-state index contributed by atoms with van der Waals surface area (Å²) >= 11 is 5.02. The smallest absolute Gasteiger partial charge is 0.122 e. The average Bonchev–Trinajstić information content (AvgIpc) is 2.48. The molecule has 0 amide bonds. The highest BCUT2D eigenvalue weighted by molar-refractivity contribution is 7.80. The van der Waals surface area contributed by atoms with Crippen molar-refractivity contribution in [3.63, 3.8) is 0 Å². The molecule has 1 aromatic rings. The molecule has 2 aliphatic rings. The van der Waals surface area contributed by atoms with Crippen LogP contribution in [0.15, 0.2) is 18.3 Å². The topological polar surface area (TPSA) is 42.1 Å². The first-order valence-electron chi connectivity index (χ1n) is 7.73. The monoisotopic (exact) mass is 289 g/mol. The van der Waals surface area contributed by atoms with E-state index in [4.69, 9.17) is 18.0 Å². The molecule has 1 aliphatic carbocycles. The number of thiocarbonyl (C=S) groups is 1. The molecule has 108 valence electrons. The number of likely N-dealkylation sites (tertiary alicyclic amines) is 1. The summed E-state index contributed by atoms with van der Waals surface area (Å²) < 4.78 is 0. The second-order valence-electron chi connectivity index (χ2n) is 6.14. The van der Waals surface area contributed by atoms with E-state index >= 15 is 0 Å². The summed E-state index contributed by atoms with van der Waals surface area (Å²) in [5.74, 6) is 0.925. The Morgan fingerprint density at radius 3 is 2.95 bits per heavy atom. The van der Waals surface area contributed by atoms with Crippen molar-refractivity contribution < 1.29 is 0 Å². The quantitative estimate of drug-likeness (QED) is 0.869. The summed E-state index contributed by atoms with van der Waals surface area (Å²) in [7, 11) is 0. The minimum absolute atomic E-state index is 0.390. The van der Waals surface area contributed by atoms with Gasteiger partial charge in [-0.1, -0.05) is 25.1 Å². The fraction of sp³-hybridized carbons (Fsp3) is 0.625. The molecule has 1 aromatic heterocycles. The average molecular weight is 289 g/mol. The second-order valence-corrected chi connectivity index (χ2v) is 6.58. The van der Waals surface area contributed by atoms with Gasteiger partial charge in [-0.15, -0.1) is 0 Å².